The molecular weight excluding hydrogens is 406 g/mol. The van der Waals surface area contributed by atoms with Crippen molar-refractivity contribution < 1.29 is 14.7 Å². The van der Waals surface area contributed by atoms with Gasteiger partial charge in [0.05, 0.1) is 6.26 Å². The lowest BCUT2D eigenvalue weighted by molar-refractivity contribution is -0.141. The molecule has 2 atom stereocenters. The zero-order valence-corrected chi connectivity index (χ0v) is 21.4. The van der Waals surface area contributed by atoms with Gasteiger partial charge in [0.1, 0.15) is 17.5 Å². The van der Waals surface area contributed by atoms with Crippen LogP contribution >= 0.6 is 0 Å². The SMILES string of the molecule is CCCCCCCC/C=C\CCCCCCCC(=O)N[C@H](CC[S+](C)CCC)C(=O)O. The van der Waals surface area contributed by atoms with Crippen molar-refractivity contribution in [3.8, 4) is 0 Å². The van der Waals surface area contributed by atoms with Crippen LogP contribution in [0.5, 0.6) is 0 Å². The second-order valence-corrected chi connectivity index (χ2v) is 11.2. The first kappa shape index (κ1) is 30.0. The van der Waals surface area contributed by atoms with Gasteiger partial charge in [0.25, 0.3) is 0 Å². The summed E-state index contributed by atoms with van der Waals surface area (Å²) in [5, 5.41) is 12.1. The van der Waals surface area contributed by atoms with Crippen molar-refractivity contribution in [3.63, 3.8) is 0 Å². The van der Waals surface area contributed by atoms with Crippen molar-refractivity contribution in [2.24, 2.45) is 0 Å². The van der Waals surface area contributed by atoms with Gasteiger partial charge in [-0.1, -0.05) is 77.4 Å². The third kappa shape index (κ3) is 20.7. The predicted octanol–water partition coefficient (Wildman–Crippen LogP) is 6.64. The Labute approximate surface area is 195 Å². The van der Waals surface area contributed by atoms with Crippen molar-refractivity contribution in [1.82, 2.24) is 5.32 Å². The Kier molecular flexibility index (Phi) is 21.5. The number of carboxylic acids is 1. The first-order valence-electron chi connectivity index (χ1n) is 12.8. The van der Waals surface area contributed by atoms with Gasteiger partial charge >= 0.3 is 5.97 Å². The molecule has 2 N–H and O–H groups in total. The van der Waals surface area contributed by atoms with E-state index in [0.717, 1.165) is 43.6 Å². The van der Waals surface area contributed by atoms with E-state index in [9.17, 15) is 14.7 Å². The second-order valence-electron chi connectivity index (χ2n) is 8.77. The van der Waals surface area contributed by atoms with E-state index in [1.54, 1.807) is 0 Å². The summed E-state index contributed by atoms with van der Waals surface area (Å²) in [6.07, 6.45) is 24.9. The van der Waals surface area contributed by atoms with E-state index in [0.29, 0.717) is 12.8 Å². The molecule has 5 heteroatoms. The summed E-state index contributed by atoms with van der Waals surface area (Å²) in [7, 11) is 0.243. The van der Waals surface area contributed by atoms with Crippen LogP contribution < -0.4 is 5.32 Å². The topological polar surface area (TPSA) is 66.4 Å². The van der Waals surface area contributed by atoms with Crippen LogP contribution in [0.1, 0.15) is 117 Å². The monoisotopic (exact) mass is 456 g/mol. The Hall–Kier alpha value is -0.970. The third-order valence-corrected chi connectivity index (χ3v) is 7.64. The molecule has 0 heterocycles. The third-order valence-electron chi connectivity index (χ3n) is 5.61. The molecule has 1 unspecified atom stereocenters. The summed E-state index contributed by atoms with van der Waals surface area (Å²) in [6.45, 7) is 4.40. The summed E-state index contributed by atoms with van der Waals surface area (Å²) in [5.41, 5.74) is 0. The van der Waals surface area contributed by atoms with E-state index in [1.807, 2.05) is 0 Å². The Bertz CT molecular complexity index is 468. The van der Waals surface area contributed by atoms with Crippen molar-refractivity contribution in [2.75, 3.05) is 17.8 Å². The van der Waals surface area contributed by atoms with E-state index < -0.39 is 12.0 Å². The highest BCUT2D eigenvalue weighted by Gasteiger charge is 2.22. The average molecular weight is 457 g/mol. The van der Waals surface area contributed by atoms with Crippen LogP contribution in [-0.4, -0.2) is 40.8 Å². The lowest BCUT2D eigenvalue weighted by Gasteiger charge is -2.14. The molecule has 182 valence electrons. The highest BCUT2D eigenvalue weighted by atomic mass is 32.2. The molecule has 0 aromatic rings. The Morgan fingerprint density at radius 2 is 1.35 bits per heavy atom. The fourth-order valence-electron chi connectivity index (χ4n) is 3.65. The fraction of sp³-hybridized carbons (Fsp3) is 0.846. The average Bonchev–Trinajstić information content (AvgIpc) is 2.73. The molecule has 0 aliphatic heterocycles. The molecule has 0 fully saturated rings. The van der Waals surface area contributed by atoms with Crippen molar-refractivity contribution in [1.29, 1.82) is 0 Å². The van der Waals surface area contributed by atoms with Gasteiger partial charge in [-0.05, 0) is 49.4 Å². The van der Waals surface area contributed by atoms with E-state index in [2.05, 4.69) is 37.6 Å². The minimum absolute atomic E-state index is 0.114. The van der Waals surface area contributed by atoms with E-state index >= 15 is 0 Å². The summed E-state index contributed by atoms with van der Waals surface area (Å²) < 4.78 is 0. The van der Waals surface area contributed by atoms with Gasteiger partial charge in [-0.2, -0.15) is 0 Å². The number of hydrogen-bond donors (Lipinski definition) is 2. The molecule has 0 saturated carbocycles. The Morgan fingerprint density at radius 3 is 1.90 bits per heavy atom. The van der Waals surface area contributed by atoms with Crippen LogP contribution in [0.2, 0.25) is 0 Å². The van der Waals surface area contributed by atoms with Gasteiger partial charge in [0.2, 0.25) is 5.91 Å². The molecule has 31 heavy (non-hydrogen) atoms. The van der Waals surface area contributed by atoms with E-state index in [1.165, 1.54) is 57.8 Å². The van der Waals surface area contributed by atoms with E-state index in [4.69, 9.17) is 0 Å². The van der Waals surface area contributed by atoms with Gasteiger partial charge in [-0.25, -0.2) is 4.79 Å². The number of amides is 1. The molecule has 1 amide bonds. The van der Waals surface area contributed by atoms with E-state index in [-0.39, 0.29) is 16.8 Å². The second kappa shape index (κ2) is 22.2. The van der Waals surface area contributed by atoms with Crippen molar-refractivity contribution in [3.05, 3.63) is 12.2 Å². The van der Waals surface area contributed by atoms with Crippen molar-refractivity contribution in [2.45, 2.75) is 123 Å². The minimum atomic E-state index is -0.911. The molecule has 0 aliphatic carbocycles. The smallest absolute Gasteiger partial charge is 0.326 e. The molecule has 0 aromatic carbocycles. The largest absolute Gasteiger partial charge is 0.480 e. The highest BCUT2D eigenvalue weighted by Crippen LogP contribution is 2.10. The predicted molar refractivity (Wildman–Crippen MR) is 137 cm³/mol. The van der Waals surface area contributed by atoms with Crippen LogP contribution in [0, 0.1) is 0 Å². The molecule has 0 spiro atoms. The van der Waals surface area contributed by atoms with Crippen LogP contribution in [0.4, 0.5) is 0 Å². The standard InChI is InChI=1S/C26H49NO3S/c1-4-6-7-8-9-10-11-12-13-14-15-16-17-18-19-20-25(28)27-24(26(29)30)21-23-31(3)22-5-2/h12-13,24H,4-11,14-23H2,1-3H3,(H-,27,28,29,30)/p+1/b13-12-/t24-,31?/m1/s1. The van der Waals surface area contributed by atoms with Gasteiger partial charge in [-0.15, -0.1) is 0 Å². The number of unbranched alkanes of at least 4 members (excludes halogenated alkanes) is 11. The summed E-state index contributed by atoms with van der Waals surface area (Å²) in [5.74, 6) is 0.983. The van der Waals surface area contributed by atoms with Gasteiger partial charge < -0.3 is 10.4 Å². The number of carbonyl (C=O) groups excluding carboxylic acids is 1. The first-order valence-corrected chi connectivity index (χ1v) is 14.7. The Balaban J connectivity index is 3.63. The van der Waals surface area contributed by atoms with Crippen LogP contribution in [0.3, 0.4) is 0 Å². The Morgan fingerprint density at radius 1 is 0.806 bits per heavy atom. The first-order chi connectivity index (χ1) is 15.0. The fourth-order valence-corrected chi connectivity index (χ4v) is 5.19. The summed E-state index contributed by atoms with van der Waals surface area (Å²) in [4.78, 5) is 23.5. The van der Waals surface area contributed by atoms with Crippen molar-refractivity contribution >= 4 is 22.8 Å². The quantitative estimate of drug-likeness (QED) is 0.109. The van der Waals surface area contributed by atoms with Gasteiger partial charge in [0.15, 0.2) is 0 Å². The number of rotatable bonds is 22. The number of nitrogens with one attached hydrogen (secondary N) is 1. The van der Waals surface area contributed by atoms with Crippen LogP contribution in [-0.2, 0) is 20.5 Å². The maximum atomic E-state index is 12.1. The summed E-state index contributed by atoms with van der Waals surface area (Å²) >= 11 is 0. The summed E-state index contributed by atoms with van der Waals surface area (Å²) in [6, 6.07) is -0.734. The minimum Gasteiger partial charge on any atom is -0.480 e. The van der Waals surface area contributed by atoms with Crippen LogP contribution in [0.25, 0.3) is 0 Å². The molecule has 0 bridgehead atoms. The number of allylic oxidation sites excluding steroid dienone is 2. The zero-order chi connectivity index (χ0) is 23.2. The number of aliphatic carboxylic acids is 1. The van der Waals surface area contributed by atoms with Gasteiger partial charge in [0, 0.05) is 12.8 Å². The molecule has 0 saturated heterocycles. The normalized spacial score (nSPS) is 13.4. The maximum Gasteiger partial charge on any atom is 0.326 e. The molecular formula is C26H50NO3S+. The number of hydrogen-bond acceptors (Lipinski definition) is 2. The number of carbonyl (C=O) groups is 2. The molecule has 0 aliphatic rings. The lowest BCUT2D eigenvalue weighted by atomic mass is 10.1. The molecule has 0 rings (SSSR count). The van der Waals surface area contributed by atoms with Crippen LogP contribution in [0.15, 0.2) is 12.2 Å². The lowest BCUT2D eigenvalue weighted by Crippen LogP contribution is -2.41. The number of carboxylic acid groups (broad SMARTS) is 1. The zero-order valence-electron chi connectivity index (χ0n) is 20.6. The molecule has 0 aromatic heterocycles. The molecule has 0 radical (unpaired) electrons. The highest BCUT2D eigenvalue weighted by molar-refractivity contribution is 7.96. The molecule has 4 nitrogen and oxygen atoms in total. The van der Waals surface area contributed by atoms with Gasteiger partial charge in [-0.3, -0.25) is 4.79 Å². The maximum absolute atomic E-state index is 12.1.